The van der Waals surface area contributed by atoms with E-state index in [1.165, 1.54) is 27.1 Å². The Morgan fingerprint density at radius 1 is 0.825 bits per heavy atom. The van der Waals surface area contributed by atoms with Crippen LogP contribution in [0, 0.1) is 6.92 Å². The van der Waals surface area contributed by atoms with Crippen LogP contribution in [0.1, 0.15) is 104 Å². The van der Waals surface area contributed by atoms with Crippen LogP contribution in [0.4, 0.5) is 5.82 Å². The second-order valence-corrected chi connectivity index (χ2v) is 29.7. The fourth-order valence-electron chi connectivity index (χ4n) is 8.38. The number of carbonyl (C=O) groups is 3. The van der Waals surface area contributed by atoms with Crippen LogP contribution < -0.4 is 5.32 Å². The first-order valence-corrected chi connectivity index (χ1v) is 27.6. The highest BCUT2D eigenvalue weighted by Gasteiger charge is 2.51. The van der Waals surface area contributed by atoms with Crippen molar-refractivity contribution in [2.45, 2.75) is 155 Å². The first-order valence-electron chi connectivity index (χ1n) is 21.8. The van der Waals surface area contributed by atoms with E-state index in [4.69, 9.17) is 42.8 Å². The number of carbonyl (C=O) groups excluding carboxylic acids is 3. The number of nitrogens with one attached hydrogen (secondary N) is 1. The van der Waals surface area contributed by atoms with E-state index in [0.717, 1.165) is 27.1 Å². The van der Waals surface area contributed by atoms with E-state index < -0.39 is 65.1 Å². The van der Waals surface area contributed by atoms with Crippen molar-refractivity contribution in [3.63, 3.8) is 0 Å². The summed E-state index contributed by atoms with van der Waals surface area (Å²) in [6, 6.07) is 13.2. The fraction of sp³-hybridized carbons (Fsp3) is 0.532. The van der Waals surface area contributed by atoms with E-state index in [9.17, 15) is 14.4 Å². The van der Waals surface area contributed by atoms with Gasteiger partial charge < -0.3 is 33.1 Å². The molecule has 0 unspecified atom stereocenters. The van der Waals surface area contributed by atoms with Gasteiger partial charge in [0.25, 0.3) is 0 Å². The highest BCUT2D eigenvalue weighted by atomic mass is 28.4. The molecule has 16 heteroatoms. The number of aromatic nitrogens is 4. The molecule has 0 radical (unpaired) electrons. The Labute approximate surface area is 372 Å². The third-order valence-corrected chi connectivity index (χ3v) is 22.6. The molecule has 3 aromatic carbocycles. The molecule has 2 aliphatic rings. The van der Waals surface area contributed by atoms with E-state index in [1.54, 1.807) is 6.33 Å². The molecule has 0 amide bonds. The molecule has 1 fully saturated rings. The minimum Gasteiger partial charge on any atom is -0.456 e. The summed E-state index contributed by atoms with van der Waals surface area (Å²) in [6.45, 7) is 28.6. The summed E-state index contributed by atoms with van der Waals surface area (Å²) in [5.74, 6) is -1.49. The summed E-state index contributed by atoms with van der Waals surface area (Å²) in [7, 11) is -4.34. The molecular formula is C47H63N5O9Si2. The van der Waals surface area contributed by atoms with Gasteiger partial charge in [-0.15, -0.1) is 0 Å². The minimum absolute atomic E-state index is 0.0171. The third-order valence-electron chi connectivity index (χ3n) is 13.6. The molecule has 7 rings (SSSR count). The predicted octanol–water partition coefficient (Wildman–Crippen LogP) is 9.78. The quantitative estimate of drug-likeness (QED) is 0.0578. The largest absolute Gasteiger partial charge is 0.456 e. The lowest BCUT2D eigenvalue weighted by Crippen LogP contribution is -2.50. The maximum absolute atomic E-state index is 13.0. The zero-order valence-corrected chi connectivity index (χ0v) is 41.1. The van der Waals surface area contributed by atoms with Crippen molar-refractivity contribution in [3.8, 4) is 0 Å². The van der Waals surface area contributed by atoms with Crippen molar-refractivity contribution in [2.75, 3.05) is 11.9 Å². The van der Waals surface area contributed by atoms with Crippen molar-refractivity contribution < 1.29 is 42.2 Å². The van der Waals surface area contributed by atoms with Gasteiger partial charge in [-0.05, 0) is 75.9 Å². The Balaban J connectivity index is 1.34. The lowest BCUT2D eigenvalue weighted by Gasteiger charge is -2.43. The maximum atomic E-state index is 13.0. The van der Waals surface area contributed by atoms with Crippen molar-refractivity contribution >= 4 is 73.1 Å². The summed E-state index contributed by atoms with van der Waals surface area (Å²) in [5.41, 5.74) is 3.21. The van der Waals surface area contributed by atoms with Crippen molar-refractivity contribution in [2.24, 2.45) is 0 Å². The number of anilines is 1. The molecule has 5 aromatic rings. The molecular weight excluding hydrogens is 835 g/mol. The molecule has 1 saturated heterocycles. The van der Waals surface area contributed by atoms with Crippen LogP contribution in [-0.2, 0) is 42.2 Å². The van der Waals surface area contributed by atoms with Gasteiger partial charge in [0.05, 0.1) is 25.1 Å². The maximum Gasteiger partial charge on any atom is 0.303 e. The summed E-state index contributed by atoms with van der Waals surface area (Å²) in [4.78, 5) is 52.9. The molecule has 0 bridgehead atoms. The number of ether oxygens (including phenoxy) is 4. The standard InChI is InChI=1S/C47H63N5O9Si2/c1-26-21-30-17-15-16-18-31(30)32-19-20-33-38(37(26)32)39(42(58-28(3)54)43(59-29(4)55)41(33)57-27(2)53)51-44-40-45(49-24-48-44)52(25-50-40)36-22-34(61-63(13,14)47(8,9)10)35(60-36)23-56-62(11,12)46(5,6)7/h15-21,24-25,34-36,39,41-43H,22-23H2,1-14H3,(H,48,49,51)/t34-,35+,36+,39-,41+,42+,43-/m0/s1. The molecule has 63 heavy (non-hydrogen) atoms. The molecule has 2 aromatic heterocycles. The van der Waals surface area contributed by atoms with Gasteiger partial charge in [-0.3, -0.25) is 19.0 Å². The van der Waals surface area contributed by atoms with Gasteiger partial charge in [-0.25, -0.2) is 15.0 Å². The van der Waals surface area contributed by atoms with Gasteiger partial charge in [0.2, 0.25) is 0 Å². The Morgan fingerprint density at radius 2 is 1.48 bits per heavy atom. The van der Waals surface area contributed by atoms with Gasteiger partial charge in [-0.1, -0.05) is 84.0 Å². The first kappa shape index (κ1) is 46.3. The zero-order chi connectivity index (χ0) is 46.0. The molecule has 1 aliphatic carbocycles. The van der Waals surface area contributed by atoms with E-state index in [2.05, 4.69) is 91.2 Å². The van der Waals surface area contributed by atoms with Gasteiger partial charge in [-0.2, -0.15) is 0 Å². The monoisotopic (exact) mass is 897 g/mol. The van der Waals surface area contributed by atoms with Crippen molar-refractivity contribution in [1.29, 1.82) is 0 Å². The Bertz CT molecular complexity index is 2560. The molecule has 14 nitrogen and oxygen atoms in total. The Hall–Kier alpha value is -4.75. The number of aryl methyl sites for hydroxylation is 1. The summed E-state index contributed by atoms with van der Waals surface area (Å²) < 4.78 is 40.6. The molecule has 3 heterocycles. The number of rotatable bonds is 11. The summed E-state index contributed by atoms with van der Waals surface area (Å²) in [6.07, 6.45) is -0.799. The van der Waals surface area contributed by atoms with E-state index in [0.29, 0.717) is 41.1 Å². The van der Waals surface area contributed by atoms with E-state index >= 15 is 0 Å². The van der Waals surface area contributed by atoms with Gasteiger partial charge in [0.1, 0.15) is 18.7 Å². The van der Waals surface area contributed by atoms with E-state index in [1.807, 2.05) is 35.8 Å². The van der Waals surface area contributed by atoms with Crippen LogP contribution in [-0.4, -0.2) is 85.1 Å². The molecule has 338 valence electrons. The fourth-order valence-corrected chi connectivity index (χ4v) is 10.8. The van der Waals surface area contributed by atoms with Crippen LogP contribution >= 0.6 is 0 Å². The lowest BCUT2D eigenvalue weighted by atomic mass is 9.77. The molecule has 0 saturated carbocycles. The second-order valence-electron chi connectivity index (χ2n) is 20.1. The van der Waals surface area contributed by atoms with Gasteiger partial charge in [0, 0.05) is 32.8 Å². The highest BCUT2D eigenvalue weighted by Crippen LogP contribution is 2.49. The normalized spacial score (nSPS) is 23.2. The topological polar surface area (TPSA) is 162 Å². The average molecular weight is 898 g/mol. The van der Waals surface area contributed by atoms with Crippen molar-refractivity contribution in [3.05, 3.63) is 71.8 Å². The predicted molar refractivity (Wildman–Crippen MR) is 247 cm³/mol. The SMILES string of the molecule is CC(=O)O[C@@H]1[C@H](OC(C)=O)[C@@H](Nc2ncnc3c2ncn3[C@H]2C[C@H](O[Si](C)(C)C(C)(C)C)[C@@H](CO[Si](C)(C)C(C)(C)C)O2)c2c(ccc3c2c(C)cc2ccccc23)[C@H]1OC(C)=O. The Morgan fingerprint density at radius 3 is 2.13 bits per heavy atom. The van der Waals surface area contributed by atoms with E-state index in [-0.39, 0.29) is 22.3 Å². The third kappa shape index (κ3) is 9.01. The molecule has 1 N–H and O–H groups in total. The smallest absolute Gasteiger partial charge is 0.303 e. The lowest BCUT2D eigenvalue weighted by molar-refractivity contribution is -0.187. The number of benzene rings is 3. The summed E-state index contributed by atoms with van der Waals surface area (Å²) >= 11 is 0. The number of hydrogen-bond donors (Lipinski definition) is 1. The van der Waals surface area contributed by atoms with Crippen LogP contribution in [0.2, 0.25) is 36.3 Å². The second kappa shape index (κ2) is 17.0. The number of esters is 3. The van der Waals surface area contributed by atoms with Crippen LogP contribution in [0.15, 0.2) is 55.1 Å². The average Bonchev–Trinajstić information content (AvgIpc) is 3.79. The minimum atomic E-state index is -2.22. The van der Waals surface area contributed by atoms with Gasteiger partial charge in [0.15, 0.2) is 51.9 Å². The number of imidazole rings is 1. The molecule has 1 aliphatic heterocycles. The van der Waals surface area contributed by atoms with Crippen molar-refractivity contribution in [1.82, 2.24) is 19.5 Å². The molecule has 7 atom stereocenters. The number of fused-ring (bicyclic) bond motifs is 6. The number of nitrogens with zero attached hydrogens (tertiary/aromatic N) is 4. The summed E-state index contributed by atoms with van der Waals surface area (Å²) in [5, 5.41) is 7.47. The highest BCUT2D eigenvalue weighted by molar-refractivity contribution is 6.74. The Kier molecular flexibility index (Phi) is 12.5. The number of hydrogen-bond acceptors (Lipinski definition) is 13. The van der Waals surface area contributed by atoms with Crippen LogP contribution in [0.3, 0.4) is 0 Å². The zero-order valence-electron chi connectivity index (χ0n) is 39.1. The van der Waals surface area contributed by atoms with Crippen LogP contribution in [0.5, 0.6) is 0 Å². The van der Waals surface area contributed by atoms with Gasteiger partial charge >= 0.3 is 17.9 Å². The van der Waals surface area contributed by atoms with Crippen LogP contribution in [0.25, 0.3) is 32.7 Å². The molecule has 0 spiro atoms. The first-order chi connectivity index (χ1) is 29.4.